The lowest BCUT2D eigenvalue weighted by molar-refractivity contribution is -0.122. The maximum atomic E-state index is 12.9. The molecule has 0 saturated carbocycles. The highest BCUT2D eigenvalue weighted by Gasteiger charge is 2.34. The molecule has 3 heterocycles. The van der Waals surface area contributed by atoms with Crippen LogP contribution in [-0.2, 0) is 16.2 Å². The number of benzene rings is 3. The van der Waals surface area contributed by atoms with Gasteiger partial charge in [0.1, 0.15) is 12.4 Å². The first-order valence-corrected chi connectivity index (χ1v) is 10.6. The highest BCUT2D eigenvalue weighted by Crippen LogP contribution is 2.38. The van der Waals surface area contributed by atoms with Crippen LogP contribution in [0.4, 0.5) is 0 Å². The Bertz CT molecular complexity index is 1570. The van der Waals surface area contributed by atoms with Gasteiger partial charge < -0.3 is 14.7 Å². The normalized spacial score (nSPS) is 13.8. The van der Waals surface area contributed by atoms with Crippen molar-refractivity contribution in [3.63, 3.8) is 0 Å². The third-order valence-electron chi connectivity index (χ3n) is 5.96. The van der Waals surface area contributed by atoms with Crippen LogP contribution in [0.1, 0.15) is 16.7 Å². The first-order valence-electron chi connectivity index (χ1n) is 10.6. The summed E-state index contributed by atoms with van der Waals surface area (Å²) in [6, 6.07) is 23.4. The van der Waals surface area contributed by atoms with Crippen LogP contribution in [-0.4, -0.2) is 21.8 Å². The lowest BCUT2D eigenvalue weighted by atomic mass is 9.95. The van der Waals surface area contributed by atoms with Crippen LogP contribution >= 0.6 is 0 Å². The van der Waals surface area contributed by atoms with E-state index in [1.807, 2.05) is 72.8 Å². The van der Waals surface area contributed by atoms with Crippen LogP contribution in [0.25, 0.3) is 33.0 Å². The Kier molecular flexibility index (Phi) is 4.36. The summed E-state index contributed by atoms with van der Waals surface area (Å²) in [5.41, 5.74) is 4.92. The summed E-state index contributed by atoms with van der Waals surface area (Å²) in [6.07, 6.45) is 3.55. The summed E-state index contributed by atoms with van der Waals surface area (Å²) in [5, 5.41) is 4.18. The second-order valence-corrected chi connectivity index (χ2v) is 7.97. The molecule has 3 aromatic carbocycles. The van der Waals surface area contributed by atoms with E-state index in [2.05, 4.69) is 15.3 Å². The van der Waals surface area contributed by atoms with Crippen LogP contribution in [0.3, 0.4) is 0 Å². The molecule has 6 heteroatoms. The standard InChI is InChI=1S/C27H19N3O3/c31-26-24(20-13-28-22-9-5-4-8-18(20)22)25(27(32)30-26)21-14-29-23-11-10-17(12-19(21)23)33-15-16-6-2-1-3-7-16/h1-14,28-29H,15H2,(H,30,31,32). The zero-order valence-electron chi connectivity index (χ0n) is 17.5. The Morgan fingerprint density at radius 3 is 2.06 bits per heavy atom. The zero-order chi connectivity index (χ0) is 22.4. The molecule has 2 aromatic heterocycles. The van der Waals surface area contributed by atoms with Crippen molar-refractivity contribution in [1.82, 2.24) is 15.3 Å². The van der Waals surface area contributed by atoms with E-state index in [4.69, 9.17) is 4.74 Å². The second kappa shape index (κ2) is 7.53. The van der Waals surface area contributed by atoms with Crippen molar-refractivity contribution in [3.05, 3.63) is 102 Å². The van der Waals surface area contributed by atoms with E-state index < -0.39 is 11.8 Å². The lowest BCUT2D eigenvalue weighted by Crippen LogP contribution is -2.22. The van der Waals surface area contributed by atoms with E-state index in [0.717, 1.165) is 27.4 Å². The number of aromatic nitrogens is 2. The van der Waals surface area contributed by atoms with Gasteiger partial charge >= 0.3 is 0 Å². The number of fused-ring (bicyclic) bond motifs is 2. The number of rotatable bonds is 5. The van der Waals surface area contributed by atoms with Gasteiger partial charge in [0.05, 0.1) is 11.1 Å². The topological polar surface area (TPSA) is 87.0 Å². The SMILES string of the molecule is O=C1NC(=O)C(c2c[nH]c3ccc(OCc4ccccc4)cc23)=C1c1c[nH]c2ccccc12. The van der Waals surface area contributed by atoms with Crippen molar-refractivity contribution in [1.29, 1.82) is 0 Å². The van der Waals surface area contributed by atoms with E-state index in [-0.39, 0.29) is 0 Å². The largest absolute Gasteiger partial charge is 0.489 e. The van der Waals surface area contributed by atoms with Gasteiger partial charge in [-0.25, -0.2) is 0 Å². The van der Waals surface area contributed by atoms with Crippen LogP contribution in [0.15, 0.2) is 85.2 Å². The van der Waals surface area contributed by atoms with Gasteiger partial charge in [0.15, 0.2) is 0 Å². The van der Waals surface area contributed by atoms with Gasteiger partial charge in [-0.2, -0.15) is 0 Å². The number of carbonyl (C=O) groups is 2. The number of ether oxygens (including phenoxy) is 1. The molecule has 3 N–H and O–H groups in total. The molecule has 5 aromatic rings. The van der Waals surface area contributed by atoms with Crippen molar-refractivity contribution < 1.29 is 14.3 Å². The number of hydrogen-bond donors (Lipinski definition) is 3. The Morgan fingerprint density at radius 1 is 0.667 bits per heavy atom. The fraction of sp³-hybridized carbons (Fsp3) is 0.0370. The maximum absolute atomic E-state index is 12.9. The summed E-state index contributed by atoms with van der Waals surface area (Å²) in [5.74, 6) is -0.117. The minimum Gasteiger partial charge on any atom is -0.489 e. The van der Waals surface area contributed by atoms with E-state index in [1.54, 1.807) is 12.4 Å². The van der Waals surface area contributed by atoms with Gasteiger partial charge in [0.25, 0.3) is 11.8 Å². The average molecular weight is 433 g/mol. The number of H-pyrrole nitrogens is 2. The predicted octanol–water partition coefficient (Wildman–Crippen LogP) is 4.80. The molecule has 160 valence electrons. The fourth-order valence-electron chi connectivity index (χ4n) is 4.38. The van der Waals surface area contributed by atoms with Gasteiger partial charge in [-0.05, 0) is 29.8 Å². The smallest absolute Gasteiger partial charge is 0.259 e. The predicted molar refractivity (Wildman–Crippen MR) is 127 cm³/mol. The number of nitrogens with one attached hydrogen (secondary N) is 3. The van der Waals surface area contributed by atoms with E-state index >= 15 is 0 Å². The Labute approximate surface area is 188 Å². The monoisotopic (exact) mass is 433 g/mol. The molecule has 0 unspecified atom stereocenters. The third kappa shape index (κ3) is 3.20. The molecule has 6 nitrogen and oxygen atoms in total. The molecule has 0 aliphatic carbocycles. The van der Waals surface area contributed by atoms with Crippen molar-refractivity contribution in [2.75, 3.05) is 0 Å². The Morgan fingerprint density at radius 2 is 1.30 bits per heavy atom. The molecule has 0 spiro atoms. The molecule has 1 aliphatic rings. The minimum atomic E-state index is -0.406. The van der Waals surface area contributed by atoms with E-state index in [1.165, 1.54) is 0 Å². The number of para-hydroxylation sites is 1. The van der Waals surface area contributed by atoms with Gasteiger partial charge in [0, 0.05) is 45.3 Å². The van der Waals surface area contributed by atoms with Gasteiger partial charge in [0.2, 0.25) is 0 Å². The molecule has 0 radical (unpaired) electrons. The van der Waals surface area contributed by atoms with Crippen LogP contribution < -0.4 is 10.1 Å². The van der Waals surface area contributed by atoms with Crippen molar-refractivity contribution in [2.24, 2.45) is 0 Å². The number of imide groups is 1. The average Bonchev–Trinajstić information content (AvgIpc) is 3.52. The number of hydrogen-bond acceptors (Lipinski definition) is 3. The fourth-order valence-corrected chi connectivity index (χ4v) is 4.38. The molecule has 0 bridgehead atoms. The molecule has 0 saturated heterocycles. The van der Waals surface area contributed by atoms with Gasteiger partial charge in [-0.3, -0.25) is 14.9 Å². The van der Waals surface area contributed by atoms with Crippen LogP contribution in [0.2, 0.25) is 0 Å². The summed E-state index contributed by atoms with van der Waals surface area (Å²) in [7, 11) is 0. The first-order chi connectivity index (χ1) is 16.2. The summed E-state index contributed by atoms with van der Waals surface area (Å²) >= 11 is 0. The van der Waals surface area contributed by atoms with Gasteiger partial charge in [-0.1, -0.05) is 48.5 Å². The van der Waals surface area contributed by atoms with Crippen molar-refractivity contribution in [3.8, 4) is 5.75 Å². The quantitative estimate of drug-likeness (QED) is 0.348. The molecule has 0 atom stereocenters. The van der Waals surface area contributed by atoms with Crippen LogP contribution in [0.5, 0.6) is 5.75 Å². The van der Waals surface area contributed by atoms with Crippen molar-refractivity contribution >= 4 is 44.8 Å². The molecule has 1 aliphatic heterocycles. The summed E-state index contributed by atoms with van der Waals surface area (Å²) < 4.78 is 5.99. The number of amides is 2. The molecular weight excluding hydrogens is 414 g/mol. The third-order valence-corrected chi connectivity index (χ3v) is 5.96. The van der Waals surface area contributed by atoms with Crippen LogP contribution in [0, 0.1) is 0 Å². The highest BCUT2D eigenvalue weighted by molar-refractivity contribution is 6.50. The zero-order valence-corrected chi connectivity index (χ0v) is 17.5. The van der Waals surface area contributed by atoms with E-state index in [0.29, 0.717) is 34.6 Å². The maximum Gasteiger partial charge on any atom is 0.259 e. The molecular formula is C27H19N3O3. The minimum absolute atomic E-state index is 0.358. The number of carbonyl (C=O) groups excluding carboxylic acids is 2. The molecule has 0 fully saturated rings. The number of aromatic amines is 2. The summed E-state index contributed by atoms with van der Waals surface area (Å²) in [6.45, 7) is 0.439. The van der Waals surface area contributed by atoms with E-state index in [9.17, 15) is 9.59 Å². The highest BCUT2D eigenvalue weighted by atomic mass is 16.5. The molecule has 33 heavy (non-hydrogen) atoms. The lowest BCUT2D eigenvalue weighted by Gasteiger charge is -2.07. The molecule has 6 rings (SSSR count). The Balaban J connectivity index is 1.46. The van der Waals surface area contributed by atoms with Crippen molar-refractivity contribution in [2.45, 2.75) is 6.61 Å². The Hall–Kier alpha value is -4.58. The van der Waals surface area contributed by atoms with Gasteiger partial charge in [-0.15, -0.1) is 0 Å². The summed E-state index contributed by atoms with van der Waals surface area (Å²) in [4.78, 5) is 32.2. The molecule has 2 amide bonds. The first kappa shape index (κ1) is 19.1. The second-order valence-electron chi connectivity index (χ2n) is 7.97.